The minimum Gasteiger partial charge on any atom is -0.321 e. The van der Waals surface area contributed by atoms with E-state index in [4.69, 9.17) is 5.26 Å². The summed E-state index contributed by atoms with van der Waals surface area (Å²) in [5, 5.41) is 15.8. The number of hydrogen-bond acceptors (Lipinski definition) is 4. The highest BCUT2D eigenvalue weighted by molar-refractivity contribution is 6.03. The Balaban J connectivity index is 1.93. The first-order chi connectivity index (χ1) is 10.7. The smallest absolute Gasteiger partial charge is 0.274 e. The predicted octanol–water partition coefficient (Wildman–Crippen LogP) is 2.42. The van der Waals surface area contributed by atoms with Gasteiger partial charge in [0.25, 0.3) is 5.91 Å². The zero-order chi connectivity index (χ0) is 15.5. The number of carbonyl (C=O) groups excluding carboxylic acids is 1. The highest BCUT2D eigenvalue weighted by Gasteiger charge is 2.12. The topological polar surface area (TPSA) is 83.1 Å². The number of anilines is 1. The van der Waals surface area contributed by atoms with Gasteiger partial charge < -0.3 is 5.32 Å². The van der Waals surface area contributed by atoms with Crippen LogP contribution < -0.4 is 5.32 Å². The van der Waals surface area contributed by atoms with Crippen LogP contribution in [-0.2, 0) is 6.42 Å². The summed E-state index contributed by atoms with van der Waals surface area (Å²) in [5.41, 5.74) is 2.93. The maximum atomic E-state index is 12.4. The second-order valence-electron chi connectivity index (χ2n) is 4.73. The van der Waals surface area contributed by atoms with Gasteiger partial charge >= 0.3 is 0 Å². The summed E-state index contributed by atoms with van der Waals surface area (Å²) in [5.74, 6) is -0.312. The van der Waals surface area contributed by atoms with E-state index in [1.807, 2.05) is 13.0 Å². The van der Waals surface area contributed by atoms with Crippen molar-refractivity contribution in [3.8, 4) is 6.07 Å². The second kappa shape index (κ2) is 5.66. The van der Waals surface area contributed by atoms with Crippen LogP contribution >= 0.6 is 0 Å². The quantitative estimate of drug-likeness (QED) is 0.803. The molecule has 0 spiro atoms. The SMILES string of the molecule is CCc1cc(C(=O)Nc2cccc(C#N)c2)nc2ccnn12. The lowest BCUT2D eigenvalue weighted by molar-refractivity contribution is 0.102. The van der Waals surface area contributed by atoms with Crippen molar-refractivity contribution >= 4 is 17.2 Å². The lowest BCUT2D eigenvalue weighted by atomic mass is 10.2. The van der Waals surface area contributed by atoms with Crippen molar-refractivity contribution in [2.24, 2.45) is 0 Å². The molecule has 1 aromatic carbocycles. The highest BCUT2D eigenvalue weighted by Crippen LogP contribution is 2.13. The molecule has 2 heterocycles. The Hall–Kier alpha value is -3.20. The van der Waals surface area contributed by atoms with Crippen molar-refractivity contribution in [1.82, 2.24) is 14.6 Å². The standard InChI is InChI=1S/C16H13N5O/c1-2-13-9-14(20-15-6-7-18-21(13)15)16(22)19-12-5-3-4-11(8-12)10-17/h3-9H,2H2,1H3,(H,19,22). The van der Waals surface area contributed by atoms with Gasteiger partial charge in [-0.3, -0.25) is 4.79 Å². The Bertz CT molecular complexity index is 891. The first-order valence-corrected chi connectivity index (χ1v) is 6.86. The Morgan fingerprint density at radius 3 is 3.00 bits per heavy atom. The van der Waals surface area contributed by atoms with Crippen LogP contribution in [0.4, 0.5) is 5.69 Å². The number of hydrogen-bond donors (Lipinski definition) is 1. The van der Waals surface area contributed by atoms with Gasteiger partial charge in [0.05, 0.1) is 17.8 Å². The molecule has 0 bridgehead atoms. The average molecular weight is 291 g/mol. The molecule has 0 aliphatic rings. The molecular weight excluding hydrogens is 278 g/mol. The van der Waals surface area contributed by atoms with Gasteiger partial charge in [0.2, 0.25) is 0 Å². The largest absolute Gasteiger partial charge is 0.321 e. The molecule has 0 saturated carbocycles. The fourth-order valence-corrected chi connectivity index (χ4v) is 2.21. The van der Waals surface area contributed by atoms with Gasteiger partial charge in [-0.05, 0) is 30.7 Å². The van der Waals surface area contributed by atoms with Gasteiger partial charge in [-0.15, -0.1) is 0 Å². The van der Waals surface area contributed by atoms with Gasteiger partial charge in [-0.1, -0.05) is 13.0 Å². The first kappa shape index (κ1) is 13.8. The number of nitriles is 1. The van der Waals surface area contributed by atoms with E-state index in [2.05, 4.69) is 15.4 Å². The zero-order valence-electron chi connectivity index (χ0n) is 11.9. The maximum absolute atomic E-state index is 12.4. The third-order valence-electron chi connectivity index (χ3n) is 3.28. The molecule has 0 saturated heterocycles. The lowest BCUT2D eigenvalue weighted by Gasteiger charge is -2.07. The summed E-state index contributed by atoms with van der Waals surface area (Å²) < 4.78 is 1.72. The fraction of sp³-hybridized carbons (Fsp3) is 0.125. The van der Waals surface area contributed by atoms with E-state index in [-0.39, 0.29) is 5.91 Å². The van der Waals surface area contributed by atoms with Gasteiger partial charge in [0.1, 0.15) is 5.69 Å². The summed E-state index contributed by atoms with van der Waals surface area (Å²) >= 11 is 0. The number of rotatable bonds is 3. The van der Waals surface area contributed by atoms with E-state index in [0.29, 0.717) is 22.6 Å². The molecule has 0 fully saturated rings. The molecule has 3 aromatic rings. The lowest BCUT2D eigenvalue weighted by Crippen LogP contribution is -2.15. The molecule has 0 aliphatic carbocycles. The number of fused-ring (bicyclic) bond motifs is 1. The Morgan fingerprint density at radius 2 is 2.23 bits per heavy atom. The van der Waals surface area contributed by atoms with Crippen molar-refractivity contribution in [2.45, 2.75) is 13.3 Å². The van der Waals surface area contributed by atoms with Crippen LogP contribution in [0.25, 0.3) is 5.65 Å². The van der Waals surface area contributed by atoms with Crippen LogP contribution in [0.3, 0.4) is 0 Å². The molecule has 3 rings (SSSR count). The molecule has 6 nitrogen and oxygen atoms in total. The van der Waals surface area contributed by atoms with Crippen LogP contribution in [0.15, 0.2) is 42.6 Å². The van der Waals surface area contributed by atoms with E-state index in [1.54, 1.807) is 47.1 Å². The molecule has 0 unspecified atom stereocenters. The second-order valence-corrected chi connectivity index (χ2v) is 4.73. The number of nitrogens with one attached hydrogen (secondary N) is 1. The number of amides is 1. The minimum absolute atomic E-state index is 0.312. The fourth-order valence-electron chi connectivity index (χ4n) is 2.21. The van der Waals surface area contributed by atoms with E-state index < -0.39 is 0 Å². The molecule has 0 aliphatic heterocycles. The van der Waals surface area contributed by atoms with E-state index >= 15 is 0 Å². The number of benzene rings is 1. The van der Waals surface area contributed by atoms with Crippen LogP contribution in [0, 0.1) is 11.3 Å². The third-order valence-corrected chi connectivity index (χ3v) is 3.28. The minimum atomic E-state index is -0.312. The van der Waals surface area contributed by atoms with Crippen molar-refractivity contribution in [3.63, 3.8) is 0 Å². The molecule has 0 atom stereocenters. The Labute approximate surface area is 127 Å². The van der Waals surface area contributed by atoms with Crippen LogP contribution in [0.1, 0.15) is 28.7 Å². The van der Waals surface area contributed by atoms with Crippen LogP contribution in [0.2, 0.25) is 0 Å². The molecule has 1 amide bonds. The Kier molecular flexibility index (Phi) is 3.54. The van der Waals surface area contributed by atoms with Crippen molar-refractivity contribution in [1.29, 1.82) is 5.26 Å². The molecular formula is C16H13N5O. The van der Waals surface area contributed by atoms with Crippen LogP contribution in [0.5, 0.6) is 0 Å². The van der Waals surface area contributed by atoms with Gasteiger partial charge in [0, 0.05) is 17.4 Å². The molecule has 2 aromatic heterocycles. The number of nitrogens with zero attached hydrogens (tertiary/aromatic N) is 4. The van der Waals surface area contributed by atoms with Crippen molar-refractivity contribution in [2.75, 3.05) is 5.32 Å². The van der Waals surface area contributed by atoms with Gasteiger partial charge in [0.15, 0.2) is 5.65 Å². The van der Waals surface area contributed by atoms with Crippen molar-refractivity contribution < 1.29 is 4.79 Å². The van der Waals surface area contributed by atoms with E-state index in [9.17, 15) is 4.79 Å². The van der Waals surface area contributed by atoms with E-state index in [0.717, 1.165) is 12.1 Å². The van der Waals surface area contributed by atoms with Gasteiger partial charge in [-0.25, -0.2) is 9.50 Å². The summed E-state index contributed by atoms with van der Waals surface area (Å²) in [6.07, 6.45) is 2.39. The summed E-state index contributed by atoms with van der Waals surface area (Å²) in [6.45, 7) is 1.99. The molecule has 0 radical (unpaired) electrons. The first-order valence-electron chi connectivity index (χ1n) is 6.86. The zero-order valence-corrected chi connectivity index (χ0v) is 11.9. The third kappa shape index (κ3) is 2.52. The molecule has 22 heavy (non-hydrogen) atoms. The highest BCUT2D eigenvalue weighted by atomic mass is 16.1. The normalized spacial score (nSPS) is 10.4. The predicted molar refractivity (Wildman–Crippen MR) is 81.5 cm³/mol. The number of aryl methyl sites for hydroxylation is 1. The van der Waals surface area contributed by atoms with Gasteiger partial charge in [-0.2, -0.15) is 10.4 Å². The molecule has 108 valence electrons. The number of aromatic nitrogens is 3. The summed E-state index contributed by atoms with van der Waals surface area (Å²) in [6, 6.07) is 12.3. The van der Waals surface area contributed by atoms with E-state index in [1.165, 1.54) is 0 Å². The average Bonchev–Trinajstić information content (AvgIpc) is 3.02. The Morgan fingerprint density at radius 1 is 1.36 bits per heavy atom. The monoisotopic (exact) mass is 291 g/mol. The summed E-state index contributed by atoms with van der Waals surface area (Å²) in [7, 11) is 0. The summed E-state index contributed by atoms with van der Waals surface area (Å²) in [4.78, 5) is 16.7. The van der Waals surface area contributed by atoms with Crippen LogP contribution in [-0.4, -0.2) is 20.5 Å². The maximum Gasteiger partial charge on any atom is 0.274 e. The van der Waals surface area contributed by atoms with Crippen molar-refractivity contribution in [3.05, 3.63) is 59.5 Å². The number of carbonyl (C=O) groups is 1. The molecule has 1 N–H and O–H groups in total. The molecule has 6 heteroatoms.